The van der Waals surface area contributed by atoms with E-state index in [4.69, 9.17) is 0 Å². The first-order valence-corrected chi connectivity index (χ1v) is 6.84. The molecule has 0 aromatic carbocycles. The van der Waals surface area contributed by atoms with Gasteiger partial charge >= 0.3 is 0 Å². The second-order valence-corrected chi connectivity index (χ2v) is 4.94. The maximum absolute atomic E-state index is 3.47. The van der Waals surface area contributed by atoms with Crippen LogP contribution in [0, 0.1) is 0 Å². The van der Waals surface area contributed by atoms with Gasteiger partial charge in [0.15, 0.2) is 0 Å². The molecule has 1 saturated heterocycles. The van der Waals surface area contributed by atoms with Gasteiger partial charge in [-0.25, -0.2) is 0 Å². The SMILES string of the molecule is CN1CCCCC1CCNCCI. The molecule has 0 bridgehead atoms. The molecule has 1 heterocycles. The Hall–Kier alpha value is 0.650. The predicted octanol–water partition coefficient (Wildman–Crippen LogP) is 1.89. The lowest BCUT2D eigenvalue weighted by atomic mass is 10.0. The van der Waals surface area contributed by atoms with Crippen LogP contribution >= 0.6 is 22.6 Å². The third kappa shape index (κ3) is 4.61. The molecule has 1 fully saturated rings. The van der Waals surface area contributed by atoms with Gasteiger partial charge in [-0.05, 0) is 39.4 Å². The normalized spacial score (nSPS) is 24.9. The summed E-state index contributed by atoms with van der Waals surface area (Å²) in [4.78, 5) is 2.52. The molecule has 3 heteroatoms. The summed E-state index contributed by atoms with van der Waals surface area (Å²) in [6.07, 6.45) is 5.56. The van der Waals surface area contributed by atoms with Gasteiger partial charge in [0.05, 0.1) is 0 Å². The van der Waals surface area contributed by atoms with Crippen molar-refractivity contribution in [1.29, 1.82) is 0 Å². The van der Waals surface area contributed by atoms with E-state index in [2.05, 4.69) is 39.9 Å². The van der Waals surface area contributed by atoms with Crippen molar-refractivity contribution < 1.29 is 0 Å². The summed E-state index contributed by atoms with van der Waals surface area (Å²) in [5.74, 6) is 0. The van der Waals surface area contributed by atoms with Crippen molar-refractivity contribution in [2.75, 3.05) is 31.1 Å². The minimum Gasteiger partial charge on any atom is -0.316 e. The van der Waals surface area contributed by atoms with E-state index in [1.807, 2.05) is 0 Å². The van der Waals surface area contributed by atoms with Crippen LogP contribution in [0.1, 0.15) is 25.7 Å². The third-order valence-corrected chi connectivity index (χ3v) is 3.39. The molecule has 1 unspecified atom stereocenters. The van der Waals surface area contributed by atoms with Gasteiger partial charge in [0.2, 0.25) is 0 Å². The molecular weight excluding hydrogens is 275 g/mol. The van der Waals surface area contributed by atoms with Crippen molar-refractivity contribution in [1.82, 2.24) is 10.2 Å². The van der Waals surface area contributed by atoms with E-state index < -0.39 is 0 Å². The Balaban J connectivity index is 2.05. The molecule has 78 valence electrons. The molecule has 0 aliphatic carbocycles. The number of piperidine rings is 1. The zero-order valence-electron chi connectivity index (χ0n) is 8.56. The lowest BCUT2D eigenvalue weighted by molar-refractivity contribution is 0.176. The second kappa shape index (κ2) is 7.01. The van der Waals surface area contributed by atoms with Crippen molar-refractivity contribution in [3.8, 4) is 0 Å². The lowest BCUT2D eigenvalue weighted by Crippen LogP contribution is -2.38. The van der Waals surface area contributed by atoms with Gasteiger partial charge in [-0.2, -0.15) is 0 Å². The van der Waals surface area contributed by atoms with Crippen LogP contribution in [0.5, 0.6) is 0 Å². The van der Waals surface area contributed by atoms with Gasteiger partial charge in [0, 0.05) is 17.0 Å². The van der Waals surface area contributed by atoms with Gasteiger partial charge in [-0.1, -0.05) is 29.0 Å². The molecule has 0 radical (unpaired) electrons. The first-order valence-electron chi connectivity index (χ1n) is 5.31. The molecule has 0 amide bonds. The Bertz CT molecular complexity index is 130. The number of nitrogens with zero attached hydrogens (tertiary/aromatic N) is 1. The average Bonchev–Trinajstić information content (AvgIpc) is 2.15. The Labute approximate surface area is 95.6 Å². The molecule has 13 heavy (non-hydrogen) atoms. The highest BCUT2D eigenvalue weighted by atomic mass is 127. The van der Waals surface area contributed by atoms with Gasteiger partial charge in [0.25, 0.3) is 0 Å². The number of rotatable bonds is 5. The standard InChI is InChI=1S/C10H21IN2/c1-13-9-3-2-4-10(13)5-7-12-8-6-11/h10,12H,2-9H2,1H3. The van der Waals surface area contributed by atoms with Crippen molar-refractivity contribution in [2.45, 2.75) is 31.7 Å². The summed E-state index contributed by atoms with van der Waals surface area (Å²) >= 11 is 2.41. The van der Waals surface area contributed by atoms with Crippen LogP contribution in [-0.2, 0) is 0 Å². The molecule has 2 nitrogen and oxygen atoms in total. The van der Waals surface area contributed by atoms with Crippen LogP contribution in [0.15, 0.2) is 0 Å². The average molecular weight is 296 g/mol. The van der Waals surface area contributed by atoms with Crippen molar-refractivity contribution >= 4 is 22.6 Å². The van der Waals surface area contributed by atoms with E-state index in [0.29, 0.717) is 0 Å². The Morgan fingerprint density at radius 3 is 2.92 bits per heavy atom. The van der Waals surface area contributed by atoms with Gasteiger partial charge in [-0.15, -0.1) is 0 Å². The molecular formula is C10H21IN2. The minimum absolute atomic E-state index is 0.843. The van der Waals surface area contributed by atoms with Crippen molar-refractivity contribution in [3.05, 3.63) is 0 Å². The van der Waals surface area contributed by atoms with Crippen LogP contribution in [0.2, 0.25) is 0 Å². The zero-order chi connectivity index (χ0) is 9.52. The fourth-order valence-electron chi connectivity index (χ4n) is 1.97. The summed E-state index contributed by atoms with van der Waals surface area (Å²) < 4.78 is 1.22. The maximum Gasteiger partial charge on any atom is 0.0121 e. The summed E-state index contributed by atoms with van der Waals surface area (Å²) in [5.41, 5.74) is 0. The number of likely N-dealkylation sites (tertiary alicyclic amines) is 1. The molecule has 1 atom stereocenters. The predicted molar refractivity (Wildman–Crippen MR) is 66.6 cm³/mol. The number of hydrogen-bond donors (Lipinski definition) is 1. The van der Waals surface area contributed by atoms with Crippen LogP contribution in [0.25, 0.3) is 0 Å². The number of hydrogen-bond acceptors (Lipinski definition) is 2. The maximum atomic E-state index is 3.47. The highest BCUT2D eigenvalue weighted by molar-refractivity contribution is 14.1. The summed E-state index contributed by atoms with van der Waals surface area (Å²) in [7, 11) is 2.27. The first kappa shape index (κ1) is 11.7. The smallest absolute Gasteiger partial charge is 0.0121 e. The highest BCUT2D eigenvalue weighted by Gasteiger charge is 2.17. The summed E-state index contributed by atoms with van der Waals surface area (Å²) in [6, 6.07) is 0.843. The van der Waals surface area contributed by atoms with Crippen LogP contribution < -0.4 is 5.32 Å². The highest BCUT2D eigenvalue weighted by Crippen LogP contribution is 2.16. The number of halogens is 1. The van der Waals surface area contributed by atoms with Crippen molar-refractivity contribution in [2.24, 2.45) is 0 Å². The molecule has 1 aliphatic heterocycles. The Morgan fingerprint density at radius 1 is 1.38 bits per heavy atom. The first-order chi connectivity index (χ1) is 6.34. The second-order valence-electron chi connectivity index (χ2n) is 3.86. The monoisotopic (exact) mass is 296 g/mol. The van der Waals surface area contributed by atoms with E-state index in [0.717, 1.165) is 12.6 Å². The largest absolute Gasteiger partial charge is 0.316 e. The molecule has 0 aromatic rings. The molecule has 1 aliphatic rings. The fourth-order valence-corrected chi connectivity index (χ4v) is 2.35. The zero-order valence-corrected chi connectivity index (χ0v) is 10.7. The van der Waals surface area contributed by atoms with E-state index >= 15 is 0 Å². The van der Waals surface area contributed by atoms with Crippen LogP contribution in [0.3, 0.4) is 0 Å². The Kier molecular flexibility index (Phi) is 6.32. The van der Waals surface area contributed by atoms with Crippen LogP contribution in [-0.4, -0.2) is 42.1 Å². The molecule has 1 rings (SSSR count). The van der Waals surface area contributed by atoms with Gasteiger partial charge in [0.1, 0.15) is 0 Å². The topological polar surface area (TPSA) is 15.3 Å². The third-order valence-electron chi connectivity index (χ3n) is 2.85. The quantitative estimate of drug-likeness (QED) is 0.473. The van der Waals surface area contributed by atoms with E-state index in [9.17, 15) is 0 Å². The minimum atomic E-state index is 0.843. The molecule has 0 spiro atoms. The fraction of sp³-hybridized carbons (Fsp3) is 1.00. The molecule has 0 aromatic heterocycles. The van der Waals surface area contributed by atoms with Crippen molar-refractivity contribution in [3.63, 3.8) is 0 Å². The van der Waals surface area contributed by atoms with E-state index in [1.165, 1.54) is 43.2 Å². The van der Waals surface area contributed by atoms with E-state index in [1.54, 1.807) is 0 Å². The number of nitrogens with one attached hydrogen (secondary N) is 1. The van der Waals surface area contributed by atoms with Crippen LogP contribution in [0.4, 0.5) is 0 Å². The van der Waals surface area contributed by atoms with Gasteiger partial charge in [-0.3, -0.25) is 0 Å². The summed E-state index contributed by atoms with van der Waals surface area (Å²) in [6.45, 7) is 3.66. The molecule has 1 N–H and O–H groups in total. The van der Waals surface area contributed by atoms with Gasteiger partial charge < -0.3 is 10.2 Å². The Morgan fingerprint density at radius 2 is 2.23 bits per heavy atom. The molecule has 0 saturated carbocycles. The number of alkyl halides is 1. The lowest BCUT2D eigenvalue weighted by Gasteiger charge is -2.32. The summed E-state index contributed by atoms with van der Waals surface area (Å²) in [5, 5.41) is 3.47. The van der Waals surface area contributed by atoms with E-state index in [-0.39, 0.29) is 0 Å².